The van der Waals surface area contributed by atoms with Crippen LogP contribution in [0.5, 0.6) is 0 Å². The number of fused-ring (bicyclic) bond motifs is 1. The molecule has 0 bridgehead atoms. The number of benzene rings is 1. The number of carbonyl (C=O) groups is 2. The van der Waals surface area contributed by atoms with E-state index in [1.807, 2.05) is 32.1 Å². The number of thiocarbonyl (C=S) groups is 1. The molecule has 0 radical (unpaired) electrons. The van der Waals surface area contributed by atoms with E-state index in [2.05, 4.69) is 17.9 Å². The summed E-state index contributed by atoms with van der Waals surface area (Å²) < 4.78 is 2.65. The van der Waals surface area contributed by atoms with Crippen molar-refractivity contribution in [2.75, 3.05) is 25.1 Å². The lowest BCUT2D eigenvalue weighted by molar-refractivity contribution is -0.303. The van der Waals surface area contributed by atoms with Crippen molar-refractivity contribution in [1.29, 1.82) is 0 Å². The molecule has 1 aromatic carbocycles. The van der Waals surface area contributed by atoms with Crippen LogP contribution in [-0.4, -0.2) is 51.0 Å². The van der Waals surface area contributed by atoms with Gasteiger partial charge in [0.05, 0.1) is 22.4 Å². The van der Waals surface area contributed by atoms with Crippen molar-refractivity contribution >= 4 is 79.9 Å². The van der Waals surface area contributed by atoms with E-state index in [0.717, 1.165) is 44.4 Å². The van der Waals surface area contributed by atoms with E-state index in [1.165, 1.54) is 23.0 Å². The smallest absolute Gasteiger partial charge is 0.323 e. The fourth-order valence-corrected chi connectivity index (χ4v) is 7.58. The van der Waals surface area contributed by atoms with Gasteiger partial charge < -0.3 is 10.0 Å². The van der Waals surface area contributed by atoms with Crippen LogP contribution in [0.4, 0.5) is 5.69 Å². The maximum Gasteiger partial charge on any atom is 0.323 e. The summed E-state index contributed by atoms with van der Waals surface area (Å²) in [6.45, 7) is 6.39. The van der Waals surface area contributed by atoms with Gasteiger partial charge in [-0.15, -0.1) is 11.3 Å². The fourth-order valence-electron chi connectivity index (χ4n) is 3.96. The van der Waals surface area contributed by atoms with Gasteiger partial charge in [-0.05, 0) is 50.6 Å². The maximum atomic E-state index is 13.2. The summed E-state index contributed by atoms with van der Waals surface area (Å²) in [6.07, 6.45) is 3.47. The number of hydrogen-bond donors (Lipinski definition) is 1. The molecule has 1 amide bonds. The Morgan fingerprint density at radius 3 is 2.57 bits per heavy atom. The van der Waals surface area contributed by atoms with Crippen LogP contribution in [0.3, 0.4) is 0 Å². The number of carboxylic acid groups (broad SMARTS) is 1. The van der Waals surface area contributed by atoms with Crippen molar-refractivity contribution in [3.63, 3.8) is 0 Å². The summed E-state index contributed by atoms with van der Waals surface area (Å²) in [5.74, 6) is -1.65. The second-order valence-corrected chi connectivity index (χ2v) is 11.7. The summed E-state index contributed by atoms with van der Waals surface area (Å²) in [7, 11) is 1.48. The lowest BCUT2D eigenvalue weighted by Crippen LogP contribution is -2.35. The molecule has 9 nitrogen and oxygen atoms in total. The van der Waals surface area contributed by atoms with E-state index in [1.54, 1.807) is 17.8 Å². The topological polar surface area (TPSA) is 101 Å². The molecule has 0 saturated carbocycles. The molecule has 196 valence electrons. The maximum absolute atomic E-state index is 13.2. The van der Waals surface area contributed by atoms with Crippen LogP contribution in [-0.2, 0) is 25.9 Å². The molecule has 2 aliphatic rings. The number of aromatic nitrogens is 1. The van der Waals surface area contributed by atoms with Crippen LogP contribution in [0.1, 0.15) is 32.4 Å². The van der Waals surface area contributed by atoms with Crippen LogP contribution < -0.4 is 19.7 Å². The highest BCUT2D eigenvalue weighted by atomic mass is 32.2. The Kier molecular flexibility index (Phi) is 8.61. The zero-order valence-electron chi connectivity index (χ0n) is 20.5. The summed E-state index contributed by atoms with van der Waals surface area (Å²) in [5.41, 5.74) is 1.84. The van der Waals surface area contributed by atoms with E-state index in [4.69, 9.17) is 27.1 Å². The van der Waals surface area contributed by atoms with Gasteiger partial charge in [-0.3, -0.25) is 23.9 Å². The Morgan fingerprint density at radius 2 is 1.92 bits per heavy atom. The number of aliphatic carboxylic acids is 1. The first-order chi connectivity index (χ1) is 17.7. The van der Waals surface area contributed by atoms with E-state index in [0.29, 0.717) is 15.7 Å². The van der Waals surface area contributed by atoms with Gasteiger partial charge in [0.15, 0.2) is 0 Å². The normalized spacial score (nSPS) is 19.4. The molecule has 37 heavy (non-hydrogen) atoms. The van der Waals surface area contributed by atoms with Gasteiger partial charge in [-0.1, -0.05) is 41.8 Å². The standard InChI is InChI=1S/C24H25N3O6S4/c1-5-25-15-11-14(13(3)33-32-4)7-8-16(15)35-18(25)10-9-17-21(30)26(6-2)23(36-17)20-22(31)27(12-19(28)29)24(34)37-20/h7-11,13H,5-6,12H2,1-4H3,(H,28,29)/b17-9+,18-10-,23-20-. The molecule has 1 fully saturated rings. The molecular formula is C24H25N3O6S4. The first kappa shape index (κ1) is 27.6. The quantitative estimate of drug-likeness (QED) is 0.285. The molecule has 1 saturated heterocycles. The molecule has 0 aliphatic carbocycles. The second kappa shape index (κ2) is 11.5. The molecule has 1 atom stereocenters. The molecule has 1 N–H and O–H groups in total. The SMILES string of the molecule is CCN1/C(=C/C=c2/s/c(=C3\SC(=S)N(CC(=O)O)C3=O)n(CC)c2=O)Sc2ccc(C(C)OOC)cc21. The van der Waals surface area contributed by atoms with Crippen LogP contribution in [0, 0.1) is 0 Å². The number of anilines is 1. The number of carbonyl (C=O) groups excluding carboxylic acids is 1. The first-order valence-corrected chi connectivity index (χ1v) is 14.3. The average Bonchev–Trinajstić information content (AvgIpc) is 3.48. The van der Waals surface area contributed by atoms with Gasteiger partial charge in [0.25, 0.3) is 11.5 Å². The molecule has 2 aromatic rings. The Hall–Kier alpha value is -2.42. The molecule has 1 unspecified atom stereocenters. The van der Waals surface area contributed by atoms with Gasteiger partial charge in [0.1, 0.15) is 26.5 Å². The van der Waals surface area contributed by atoms with Crippen LogP contribution in [0.15, 0.2) is 39.0 Å². The van der Waals surface area contributed by atoms with E-state index in [-0.39, 0.29) is 20.9 Å². The highest BCUT2D eigenvalue weighted by Crippen LogP contribution is 2.46. The lowest BCUT2D eigenvalue weighted by atomic mass is 10.1. The van der Waals surface area contributed by atoms with Gasteiger partial charge in [0.2, 0.25) is 0 Å². The van der Waals surface area contributed by atoms with Crippen LogP contribution in [0.25, 0.3) is 11.0 Å². The predicted molar refractivity (Wildman–Crippen MR) is 151 cm³/mol. The summed E-state index contributed by atoms with van der Waals surface area (Å²) in [6, 6.07) is 6.13. The van der Waals surface area contributed by atoms with Crippen molar-refractivity contribution in [1.82, 2.24) is 9.47 Å². The molecule has 1 aromatic heterocycles. The largest absolute Gasteiger partial charge is 0.480 e. The van der Waals surface area contributed by atoms with Crippen molar-refractivity contribution < 1.29 is 24.5 Å². The van der Waals surface area contributed by atoms with Crippen molar-refractivity contribution in [3.05, 3.63) is 54.4 Å². The molecule has 4 rings (SSSR count). The molecule has 13 heteroatoms. The van der Waals surface area contributed by atoms with Gasteiger partial charge in [-0.2, -0.15) is 0 Å². The first-order valence-electron chi connectivity index (χ1n) is 11.4. The third-order valence-corrected chi connectivity index (χ3v) is 9.56. The Morgan fingerprint density at radius 1 is 1.16 bits per heavy atom. The van der Waals surface area contributed by atoms with Gasteiger partial charge >= 0.3 is 5.97 Å². The summed E-state index contributed by atoms with van der Waals surface area (Å²) >= 11 is 9.06. The van der Waals surface area contributed by atoms with Crippen LogP contribution >= 0.6 is 47.1 Å². The molecular weight excluding hydrogens is 555 g/mol. The molecule has 0 spiro atoms. The van der Waals surface area contributed by atoms with Gasteiger partial charge in [0, 0.05) is 18.0 Å². The number of allylic oxidation sites excluding steroid dienone is 1. The number of thiazole rings is 1. The number of thioether (sulfide) groups is 2. The van der Waals surface area contributed by atoms with Crippen molar-refractivity contribution in [2.24, 2.45) is 0 Å². The van der Waals surface area contributed by atoms with E-state index >= 15 is 0 Å². The Balaban J connectivity index is 1.73. The highest BCUT2D eigenvalue weighted by molar-refractivity contribution is 8.30. The number of hydrogen-bond acceptors (Lipinski definition) is 10. The minimum Gasteiger partial charge on any atom is -0.480 e. The zero-order valence-corrected chi connectivity index (χ0v) is 23.8. The van der Waals surface area contributed by atoms with Crippen LogP contribution in [0.2, 0.25) is 0 Å². The Labute approximate surface area is 231 Å². The summed E-state index contributed by atoms with van der Waals surface area (Å²) in [5, 5.41) is 10.1. The lowest BCUT2D eigenvalue weighted by Gasteiger charge is -2.19. The second-order valence-electron chi connectivity index (χ2n) is 7.95. The minimum absolute atomic E-state index is 0.168. The minimum atomic E-state index is -1.15. The Bertz CT molecular complexity index is 1480. The number of amides is 1. The van der Waals surface area contributed by atoms with Crippen molar-refractivity contribution in [3.8, 4) is 0 Å². The molecule has 3 heterocycles. The zero-order chi connectivity index (χ0) is 26.9. The van der Waals surface area contributed by atoms with E-state index in [9.17, 15) is 14.4 Å². The third kappa shape index (κ3) is 5.42. The third-order valence-electron chi connectivity index (χ3n) is 5.72. The monoisotopic (exact) mass is 579 g/mol. The molecule has 2 aliphatic heterocycles. The van der Waals surface area contributed by atoms with E-state index < -0.39 is 18.4 Å². The average molecular weight is 580 g/mol. The van der Waals surface area contributed by atoms with Crippen molar-refractivity contribution in [2.45, 2.75) is 38.3 Å². The highest BCUT2D eigenvalue weighted by Gasteiger charge is 2.35. The number of nitrogens with zero attached hydrogens (tertiary/aromatic N) is 3. The fraction of sp³-hybridized carbons (Fsp3) is 0.333. The summed E-state index contributed by atoms with van der Waals surface area (Å²) in [4.78, 5) is 51.9. The number of carboxylic acids is 1. The predicted octanol–water partition coefficient (Wildman–Crippen LogP) is 2.88. The van der Waals surface area contributed by atoms with Gasteiger partial charge in [-0.25, -0.2) is 9.78 Å². The number of rotatable bonds is 8.